The topological polar surface area (TPSA) is 41.5 Å². The van der Waals surface area contributed by atoms with Gasteiger partial charge in [0.25, 0.3) is 0 Å². The summed E-state index contributed by atoms with van der Waals surface area (Å²) >= 11 is 4.62. The van der Waals surface area contributed by atoms with Crippen LogP contribution in [0.3, 0.4) is 0 Å². The molecule has 4 aromatic rings. The van der Waals surface area contributed by atoms with Gasteiger partial charge in [-0.1, -0.05) is 42.5 Å². The van der Waals surface area contributed by atoms with Crippen LogP contribution in [0.2, 0.25) is 0 Å². The summed E-state index contributed by atoms with van der Waals surface area (Å²) in [7, 11) is -1.02. The van der Waals surface area contributed by atoms with E-state index in [0.717, 1.165) is 38.8 Å². The molecule has 0 heterocycles. The molecule has 1 atom stereocenters. The monoisotopic (exact) mass is 688 g/mol. The van der Waals surface area contributed by atoms with Crippen LogP contribution >= 0.6 is 45.2 Å². The van der Waals surface area contributed by atoms with Gasteiger partial charge in [0, 0.05) is 46.0 Å². The number of nitrogens with zero attached hydrogens (tertiary/aromatic N) is 1. The van der Waals surface area contributed by atoms with Gasteiger partial charge in [0.15, 0.2) is 0 Å². The van der Waals surface area contributed by atoms with E-state index in [4.69, 9.17) is 4.99 Å². The predicted molar refractivity (Wildman–Crippen MR) is 161 cm³/mol. The van der Waals surface area contributed by atoms with Crippen LogP contribution in [-0.2, 0) is 10.8 Å². The third-order valence-corrected chi connectivity index (χ3v) is 7.42. The fourth-order valence-corrected chi connectivity index (χ4v) is 4.53. The van der Waals surface area contributed by atoms with E-state index in [1.807, 2.05) is 42.5 Å². The minimum atomic E-state index is -1.02. The molecule has 0 amide bonds. The summed E-state index contributed by atoms with van der Waals surface area (Å²) < 4.78 is 14.1. The average Bonchev–Trinajstić information content (AvgIpc) is 2.86. The van der Waals surface area contributed by atoms with E-state index in [1.54, 1.807) is 6.26 Å². The summed E-state index contributed by atoms with van der Waals surface area (Å²) in [6.07, 6.45) is 3.77. The van der Waals surface area contributed by atoms with E-state index in [2.05, 4.69) is 117 Å². The second kappa shape index (κ2) is 11.9. The van der Waals surface area contributed by atoms with Gasteiger partial charge in [0.2, 0.25) is 0 Å². The van der Waals surface area contributed by atoms with Gasteiger partial charge in [-0.2, -0.15) is 0 Å². The van der Waals surface area contributed by atoms with Crippen LogP contribution in [0.1, 0.15) is 11.1 Å². The number of anilines is 1. The molecule has 3 nitrogen and oxygen atoms in total. The predicted octanol–water partition coefficient (Wildman–Crippen LogP) is 7.91. The maximum absolute atomic E-state index is 11.8. The normalized spacial score (nSPS) is 12.9. The van der Waals surface area contributed by atoms with Crippen molar-refractivity contribution in [3.8, 4) is 0 Å². The number of nitrogens with one attached hydrogen (secondary N) is 1. The molecule has 6 heteroatoms. The molecule has 0 bridgehead atoms. The molecule has 34 heavy (non-hydrogen) atoms. The van der Waals surface area contributed by atoms with Gasteiger partial charge in [-0.25, -0.2) is 4.99 Å². The Morgan fingerprint density at radius 3 is 1.94 bits per heavy atom. The van der Waals surface area contributed by atoms with Crippen LogP contribution in [0.25, 0.3) is 5.70 Å². The number of hydrogen-bond donors (Lipinski definition) is 1. The highest BCUT2D eigenvalue weighted by Crippen LogP contribution is 2.23. The number of halogens is 2. The highest BCUT2D eigenvalue weighted by atomic mass is 127. The van der Waals surface area contributed by atoms with Gasteiger partial charge in [-0.3, -0.25) is 4.21 Å². The second-order valence-electron chi connectivity index (χ2n) is 7.51. The van der Waals surface area contributed by atoms with Crippen molar-refractivity contribution in [1.29, 1.82) is 0 Å². The molecule has 4 rings (SSSR count). The van der Waals surface area contributed by atoms with Crippen molar-refractivity contribution in [2.75, 3.05) is 11.6 Å². The molecule has 0 radical (unpaired) electrons. The minimum absolute atomic E-state index is 0.788. The first-order valence-electron chi connectivity index (χ1n) is 10.6. The van der Waals surface area contributed by atoms with Gasteiger partial charge in [-0.15, -0.1) is 0 Å². The van der Waals surface area contributed by atoms with Crippen LogP contribution in [0.4, 0.5) is 11.4 Å². The van der Waals surface area contributed by atoms with Crippen molar-refractivity contribution in [2.45, 2.75) is 4.90 Å². The molecule has 0 saturated carbocycles. The molecule has 0 aliphatic rings. The lowest BCUT2D eigenvalue weighted by molar-refractivity contribution is 0.687. The lowest BCUT2D eigenvalue weighted by atomic mass is 10.1. The van der Waals surface area contributed by atoms with Crippen LogP contribution in [0, 0.1) is 7.14 Å². The Bertz CT molecular complexity index is 1330. The fourth-order valence-electron chi connectivity index (χ4n) is 3.29. The summed E-state index contributed by atoms with van der Waals surface area (Å²) in [5, 5.41) is 3.58. The first-order chi connectivity index (χ1) is 16.5. The quantitative estimate of drug-likeness (QED) is 0.159. The molecule has 0 fully saturated rings. The zero-order chi connectivity index (χ0) is 23.9. The summed E-state index contributed by atoms with van der Waals surface area (Å²) in [6.45, 7) is 0. The minimum Gasteiger partial charge on any atom is -0.355 e. The van der Waals surface area contributed by atoms with E-state index in [0.29, 0.717) is 0 Å². The maximum atomic E-state index is 11.8. The van der Waals surface area contributed by atoms with Crippen molar-refractivity contribution >= 4 is 78.8 Å². The second-order valence-corrected chi connectivity index (χ2v) is 11.4. The molecule has 0 spiro atoms. The van der Waals surface area contributed by atoms with Crippen LogP contribution in [-0.4, -0.2) is 16.2 Å². The number of benzene rings is 4. The van der Waals surface area contributed by atoms with Gasteiger partial charge >= 0.3 is 0 Å². The number of allylic oxidation sites excluding steroid dienone is 1. The van der Waals surface area contributed by atoms with Crippen LogP contribution in [0.5, 0.6) is 0 Å². The van der Waals surface area contributed by atoms with Gasteiger partial charge in [0.1, 0.15) is 0 Å². The molecular weight excluding hydrogens is 666 g/mol. The summed E-state index contributed by atoms with van der Waals surface area (Å²) in [5.74, 6) is 0. The average molecular weight is 688 g/mol. The Morgan fingerprint density at radius 2 is 1.35 bits per heavy atom. The highest BCUT2D eigenvalue weighted by molar-refractivity contribution is 14.1. The van der Waals surface area contributed by atoms with E-state index < -0.39 is 10.8 Å². The number of aliphatic imine (C=N–C) groups is 1. The Hall–Kier alpha value is -2.30. The number of hydrogen-bond acceptors (Lipinski definition) is 3. The van der Waals surface area contributed by atoms with Gasteiger partial charge < -0.3 is 5.32 Å². The van der Waals surface area contributed by atoms with E-state index in [1.165, 1.54) is 7.14 Å². The van der Waals surface area contributed by atoms with E-state index in [9.17, 15) is 4.21 Å². The fraction of sp³-hybridized carbons (Fsp3) is 0.0357. The molecule has 4 aromatic carbocycles. The van der Waals surface area contributed by atoms with Gasteiger partial charge in [-0.05, 0) is 117 Å². The molecule has 0 aliphatic carbocycles. The smallest absolute Gasteiger partial charge is 0.0730 e. The molecule has 0 aromatic heterocycles. The van der Waals surface area contributed by atoms with Crippen LogP contribution in [0.15, 0.2) is 119 Å². The summed E-state index contributed by atoms with van der Waals surface area (Å²) in [4.78, 5) is 5.77. The summed E-state index contributed by atoms with van der Waals surface area (Å²) in [5.41, 5.74) is 5.68. The van der Waals surface area contributed by atoms with Crippen molar-refractivity contribution < 1.29 is 4.21 Å². The van der Waals surface area contributed by atoms with Crippen molar-refractivity contribution in [3.63, 3.8) is 0 Å². The molecule has 0 saturated heterocycles. The Balaban J connectivity index is 1.82. The SMILES string of the molecule is CS(=O)c1ccc(N=C(/C=C(\Nc2ccc(I)cc2)c2ccccc2)c2ccc(I)cc2)cc1. The van der Waals surface area contributed by atoms with E-state index in [-0.39, 0.29) is 0 Å². The third-order valence-electron chi connectivity index (χ3n) is 5.05. The molecule has 170 valence electrons. The Kier molecular flexibility index (Phi) is 8.69. The van der Waals surface area contributed by atoms with Crippen molar-refractivity contribution in [3.05, 3.63) is 127 Å². The lowest BCUT2D eigenvalue weighted by Gasteiger charge is -2.13. The Labute approximate surface area is 230 Å². The molecular formula is C28H22I2N2OS. The molecule has 1 unspecified atom stereocenters. The third kappa shape index (κ3) is 6.86. The summed E-state index contributed by atoms with van der Waals surface area (Å²) in [6, 6.07) is 34.4. The first kappa shape index (κ1) is 24.8. The number of rotatable bonds is 7. The lowest BCUT2D eigenvalue weighted by Crippen LogP contribution is -2.05. The standard InChI is InChI=1S/C28H22I2N2OS/c1-34(33)26-17-15-25(16-18-26)32-28(21-7-9-22(29)10-8-21)19-27(20-5-3-2-4-6-20)31-24-13-11-23(30)12-14-24/h2-19,31H,1H3/b27-19-,32-28?. The zero-order valence-electron chi connectivity index (χ0n) is 18.4. The largest absolute Gasteiger partial charge is 0.355 e. The van der Waals surface area contributed by atoms with Crippen molar-refractivity contribution in [2.24, 2.45) is 4.99 Å². The van der Waals surface area contributed by atoms with Crippen molar-refractivity contribution in [1.82, 2.24) is 0 Å². The molecule has 0 aliphatic heterocycles. The first-order valence-corrected chi connectivity index (χ1v) is 14.3. The zero-order valence-corrected chi connectivity index (χ0v) is 23.5. The molecule has 1 N–H and O–H groups in total. The van der Waals surface area contributed by atoms with Gasteiger partial charge in [0.05, 0.1) is 11.4 Å². The van der Waals surface area contributed by atoms with E-state index >= 15 is 0 Å². The highest BCUT2D eigenvalue weighted by Gasteiger charge is 2.08. The Morgan fingerprint density at radius 1 is 0.765 bits per heavy atom. The maximum Gasteiger partial charge on any atom is 0.0730 e. The van der Waals surface area contributed by atoms with Crippen LogP contribution < -0.4 is 5.32 Å².